The molecule has 2 fully saturated rings. The molecule has 1 unspecified atom stereocenters. The van der Waals surface area contributed by atoms with Gasteiger partial charge in [0, 0.05) is 26.2 Å². The van der Waals surface area contributed by atoms with Gasteiger partial charge in [0.25, 0.3) is 0 Å². The van der Waals surface area contributed by atoms with Crippen molar-refractivity contribution in [3.8, 4) is 11.5 Å². The van der Waals surface area contributed by atoms with Crippen LogP contribution in [0.25, 0.3) is 0 Å². The second-order valence-corrected chi connectivity index (χ2v) is 6.82. The van der Waals surface area contributed by atoms with Crippen molar-refractivity contribution in [3.63, 3.8) is 0 Å². The second kappa shape index (κ2) is 8.60. The number of benzene rings is 1. The molecular formula is C19H30N4O3. The van der Waals surface area contributed by atoms with Crippen LogP contribution in [0.3, 0.4) is 0 Å². The molecule has 0 bridgehead atoms. The number of rotatable bonds is 7. The lowest BCUT2D eigenvalue weighted by Gasteiger charge is -2.34. The minimum atomic E-state index is 0.129. The Morgan fingerprint density at radius 1 is 1.27 bits per heavy atom. The maximum absolute atomic E-state index is 6.20. The van der Waals surface area contributed by atoms with Gasteiger partial charge in [0.1, 0.15) is 0 Å². The van der Waals surface area contributed by atoms with Gasteiger partial charge in [-0.15, -0.1) is 0 Å². The molecule has 0 radical (unpaired) electrons. The second-order valence-electron chi connectivity index (χ2n) is 6.82. The third kappa shape index (κ3) is 4.40. The fraction of sp³-hybridized carbons (Fsp3) is 0.632. The van der Waals surface area contributed by atoms with Crippen molar-refractivity contribution in [1.29, 1.82) is 0 Å². The van der Waals surface area contributed by atoms with E-state index in [1.54, 1.807) is 14.2 Å². The van der Waals surface area contributed by atoms with E-state index in [-0.39, 0.29) is 6.04 Å². The van der Waals surface area contributed by atoms with Crippen LogP contribution in [0, 0.1) is 0 Å². The number of methoxy groups -OCH3 is 2. The lowest BCUT2D eigenvalue weighted by Crippen LogP contribution is -2.41. The first kappa shape index (κ1) is 18.8. The zero-order valence-corrected chi connectivity index (χ0v) is 16.0. The lowest BCUT2D eigenvalue weighted by molar-refractivity contribution is 0.0179. The molecule has 1 saturated heterocycles. The minimum absolute atomic E-state index is 0.129. The Kier molecular flexibility index (Phi) is 6.21. The van der Waals surface area contributed by atoms with Crippen molar-refractivity contribution in [2.24, 2.45) is 10.7 Å². The fourth-order valence-corrected chi connectivity index (χ4v) is 3.32. The summed E-state index contributed by atoms with van der Waals surface area (Å²) in [6.07, 6.45) is 2.41. The minimum Gasteiger partial charge on any atom is -0.493 e. The van der Waals surface area contributed by atoms with Crippen LogP contribution in [0.15, 0.2) is 23.2 Å². The summed E-state index contributed by atoms with van der Waals surface area (Å²) >= 11 is 0. The number of nitrogens with zero attached hydrogens (tertiary/aromatic N) is 3. The third-order valence-corrected chi connectivity index (χ3v) is 5.16. The molecule has 1 aromatic rings. The van der Waals surface area contributed by atoms with Crippen LogP contribution >= 0.6 is 0 Å². The van der Waals surface area contributed by atoms with Crippen molar-refractivity contribution in [1.82, 2.24) is 9.80 Å². The molecule has 1 aromatic carbocycles. The molecule has 1 atom stereocenters. The van der Waals surface area contributed by atoms with Gasteiger partial charge in [0.15, 0.2) is 17.5 Å². The van der Waals surface area contributed by atoms with Crippen molar-refractivity contribution in [2.75, 3.05) is 54.1 Å². The van der Waals surface area contributed by atoms with E-state index in [1.807, 2.05) is 19.2 Å². The molecule has 1 saturated carbocycles. The highest BCUT2D eigenvalue weighted by molar-refractivity contribution is 5.78. The molecule has 26 heavy (non-hydrogen) atoms. The predicted molar refractivity (Wildman–Crippen MR) is 102 cm³/mol. The summed E-state index contributed by atoms with van der Waals surface area (Å²) in [5, 5.41) is 0. The van der Waals surface area contributed by atoms with E-state index in [2.05, 4.69) is 15.9 Å². The van der Waals surface area contributed by atoms with Crippen LogP contribution < -0.4 is 15.2 Å². The van der Waals surface area contributed by atoms with E-state index >= 15 is 0 Å². The molecule has 3 rings (SSSR count). The number of morpholine rings is 1. The van der Waals surface area contributed by atoms with Crippen LogP contribution in [0.5, 0.6) is 11.5 Å². The molecule has 2 aliphatic rings. The van der Waals surface area contributed by atoms with Crippen molar-refractivity contribution >= 4 is 5.96 Å². The standard InChI is InChI=1S/C19H30N4O3/c1-22(15-5-6-15)19(20)21-13-16(23-8-10-26-11-9-23)14-4-7-17(24-2)18(12-14)25-3/h4,7,12,15-16H,5-6,8-11,13H2,1-3H3,(H2,20,21). The van der Waals surface area contributed by atoms with Crippen molar-refractivity contribution in [3.05, 3.63) is 23.8 Å². The van der Waals surface area contributed by atoms with Crippen LogP contribution in [0.2, 0.25) is 0 Å². The van der Waals surface area contributed by atoms with Gasteiger partial charge in [0.05, 0.1) is 40.0 Å². The van der Waals surface area contributed by atoms with Crippen molar-refractivity contribution in [2.45, 2.75) is 24.9 Å². The summed E-state index contributed by atoms with van der Waals surface area (Å²) in [7, 11) is 5.33. The molecule has 2 N–H and O–H groups in total. The lowest BCUT2D eigenvalue weighted by atomic mass is 10.0. The summed E-state index contributed by atoms with van der Waals surface area (Å²) in [6.45, 7) is 3.86. The number of hydrogen-bond acceptors (Lipinski definition) is 5. The maximum Gasteiger partial charge on any atom is 0.191 e. The van der Waals surface area contributed by atoms with Gasteiger partial charge in [-0.1, -0.05) is 6.07 Å². The molecule has 7 heteroatoms. The summed E-state index contributed by atoms with van der Waals surface area (Å²) in [4.78, 5) is 9.19. The average Bonchev–Trinajstić information content (AvgIpc) is 3.53. The van der Waals surface area contributed by atoms with Gasteiger partial charge in [-0.05, 0) is 30.5 Å². The number of hydrogen-bond donors (Lipinski definition) is 1. The fourth-order valence-electron chi connectivity index (χ4n) is 3.32. The quantitative estimate of drug-likeness (QED) is 0.585. The summed E-state index contributed by atoms with van der Waals surface area (Å²) in [5.74, 6) is 2.08. The van der Waals surface area contributed by atoms with Gasteiger partial charge in [0.2, 0.25) is 0 Å². The Bertz CT molecular complexity index is 627. The Hall–Kier alpha value is -1.99. The maximum atomic E-state index is 6.20. The zero-order chi connectivity index (χ0) is 18.5. The molecule has 0 amide bonds. The SMILES string of the molecule is COc1ccc(C(CN=C(N)N(C)C2CC2)N2CCOCC2)cc1OC. The van der Waals surface area contributed by atoms with Crippen LogP contribution in [-0.2, 0) is 4.74 Å². The first-order valence-electron chi connectivity index (χ1n) is 9.20. The largest absolute Gasteiger partial charge is 0.493 e. The van der Waals surface area contributed by atoms with Gasteiger partial charge >= 0.3 is 0 Å². The van der Waals surface area contributed by atoms with Gasteiger partial charge < -0.3 is 24.8 Å². The Morgan fingerprint density at radius 2 is 1.96 bits per heavy atom. The van der Waals surface area contributed by atoms with Gasteiger partial charge in [-0.3, -0.25) is 9.89 Å². The van der Waals surface area contributed by atoms with E-state index in [0.29, 0.717) is 18.5 Å². The van der Waals surface area contributed by atoms with E-state index in [4.69, 9.17) is 24.9 Å². The summed E-state index contributed by atoms with van der Waals surface area (Å²) < 4.78 is 16.4. The Morgan fingerprint density at radius 3 is 2.58 bits per heavy atom. The molecule has 1 aliphatic carbocycles. The number of ether oxygens (including phenoxy) is 3. The van der Waals surface area contributed by atoms with E-state index in [0.717, 1.165) is 43.4 Å². The van der Waals surface area contributed by atoms with Crippen LogP contribution in [0.1, 0.15) is 24.4 Å². The monoisotopic (exact) mass is 362 g/mol. The van der Waals surface area contributed by atoms with E-state index in [9.17, 15) is 0 Å². The number of guanidine groups is 1. The topological polar surface area (TPSA) is 72.6 Å². The van der Waals surface area contributed by atoms with Gasteiger partial charge in [-0.25, -0.2) is 0 Å². The molecule has 0 aromatic heterocycles. The van der Waals surface area contributed by atoms with Gasteiger partial charge in [-0.2, -0.15) is 0 Å². The van der Waals surface area contributed by atoms with E-state index < -0.39 is 0 Å². The van der Waals surface area contributed by atoms with Crippen LogP contribution in [-0.4, -0.2) is 75.9 Å². The molecular weight excluding hydrogens is 332 g/mol. The molecule has 1 heterocycles. The highest BCUT2D eigenvalue weighted by atomic mass is 16.5. The zero-order valence-electron chi connectivity index (χ0n) is 16.0. The summed E-state index contributed by atoms with van der Waals surface area (Å²) in [6, 6.07) is 6.75. The average molecular weight is 362 g/mol. The number of aliphatic imine (C=N–C) groups is 1. The number of nitrogens with two attached hydrogens (primary N) is 1. The summed E-state index contributed by atoms with van der Waals surface area (Å²) in [5.41, 5.74) is 7.35. The van der Waals surface area contributed by atoms with E-state index in [1.165, 1.54) is 12.8 Å². The Balaban J connectivity index is 1.81. The highest BCUT2D eigenvalue weighted by Gasteiger charge is 2.28. The molecule has 144 valence electrons. The first-order chi connectivity index (χ1) is 12.6. The van der Waals surface area contributed by atoms with Crippen LogP contribution in [0.4, 0.5) is 0 Å². The van der Waals surface area contributed by atoms with Crippen molar-refractivity contribution < 1.29 is 14.2 Å². The third-order valence-electron chi connectivity index (χ3n) is 5.16. The highest BCUT2D eigenvalue weighted by Crippen LogP contribution is 2.32. The first-order valence-corrected chi connectivity index (χ1v) is 9.20. The molecule has 1 aliphatic heterocycles. The normalized spacial score (nSPS) is 19.9. The smallest absolute Gasteiger partial charge is 0.191 e. The Labute approximate surface area is 155 Å². The molecule has 0 spiro atoms. The predicted octanol–water partition coefficient (Wildman–Crippen LogP) is 1.49. The molecule has 7 nitrogen and oxygen atoms in total.